The highest BCUT2D eigenvalue weighted by Gasteiger charge is 2.54. The number of unbranched alkanes of at least 4 members (excludes halogenated alkanes) is 27. The lowest BCUT2D eigenvalue weighted by atomic mass is 9.97. The molecule has 10 unspecified atom stereocenters. The van der Waals surface area contributed by atoms with Crippen molar-refractivity contribution in [2.24, 2.45) is 5.92 Å². The van der Waals surface area contributed by atoms with Crippen molar-refractivity contribution in [3.05, 3.63) is 23.3 Å². The van der Waals surface area contributed by atoms with E-state index in [1.165, 1.54) is 148 Å². The van der Waals surface area contributed by atoms with E-state index in [4.69, 9.17) is 33.1 Å². The van der Waals surface area contributed by atoms with Crippen molar-refractivity contribution in [2.75, 3.05) is 13.2 Å². The highest BCUT2D eigenvalue weighted by atomic mass is 32.2. The number of allylic oxidation sites excluding steroid dienone is 3. The third kappa shape index (κ3) is 28.4. The highest BCUT2D eigenvalue weighted by Crippen LogP contribution is 2.34. The average molecular weight is 1050 g/mol. The SMILES string of the molecule is CCCCCCCCCCCCCCCCCC[C@H](C)C=C(C)C=C(C)C(=O)OC1C(O)C(CO)OC(OC2OC(CO)C(O)C(O)C2OSOOO)C1OC(=O)CCCCCCCCCCCCCCC. The molecule has 0 aromatic heterocycles. The molecule has 2 rings (SSSR count). The third-order valence-corrected chi connectivity index (χ3v) is 14.3. The van der Waals surface area contributed by atoms with Crippen LogP contribution in [0.4, 0.5) is 0 Å². The lowest BCUT2D eigenvalue weighted by Crippen LogP contribution is -2.65. The van der Waals surface area contributed by atoms with Gasteiger partial charge in [-0.2, -0.15) is 0 Å². The van der Waals surface area contributed by atoms with Gasteiger partial charge in [-0.3, -0.25) is 8.98 Å². The van der Waals surface area contributed by atoms with Crippen LogP contribution in [0.3, 0.4) is 0 Å². The predicted octanol–water partition coefficient (Wildman–Crippen LogP) is 11.4. The largest absolute Gasteiger partial charge is 0.453 e. The first-order valence-electron chi connectivity index (χ1n) is 28.2. The first-order valence-corrected chi connectivity index (χ1v) is 28.9. The summed E-state index contributed by atoms with van der Waals surface area (Å²) < 4.78 is 39.1. The van der Waals surface area contributed by atoms with Crippen molar-refractivity contribution < 1.29 is 77.6 Å². The number of aliphatic hydroxyl groups excluding tert-OH is 5. The van der Waals surface area contributed by atoms with E-state index >= 15 is 0 Å². The number of carbonyl (C=O) groups excluding carboxylic acids is 2. The Labute approximate surface area is 437 Å². The molecule has 0 bridgehead atoms. The molecule has 2 aliphatic heterocycles. The van der Waals surface area contributed by atoms with E-state index in [0.717, 1.165) is 44.1 Å². The zero-order chi connectivity index (χ0) is 52.8. The molecule has 2 aliphatic rings. The lowest BCUT2D eigenvalue weighted by molar-refractivity contribution is -0.435. The number of hydrogen-bond acceptors (Lipinski definition) is 17. The molecule has 2 fully saturated rings. The number of carbonyl (C=O) groups is 2. The van der Waals surface area contributed by atoms with Crippen LogP contribution in [0.5, 0.6) is 0 Å². The molecule has 0 amide bonds. The summed E-state index contributed by atoms with van der Waals surface area (Å²) in [4.78, 5) is 27.4. The van der Waals surface area contributed by atoms with Gasteiger partial charge < -0.3 is 49.2 Å². The van der Waals surface area contributed by atoms with Crippen LogP contribution in [-0.2, 0) is 46.8 Å². The minimum atomic E-state index is -1.77. The van der Waals surface area contributed by atoms with Gasteiger partial charge in [-0.1, -0.05) is 217 Å². The standard InChI is InChI=1S/C55H100O16S/c1-6-8-10-12-14-16-18-20-21-22-24-25-27-29-31-33-35-41(3)37-42(4)38-43(5)53(62)67-50-48(60)45(40-57)65-55(68-54-51(69-72-71-70-63)49(61)47(59)44(39-56)64-54)52(50)66-46(58)36-34-32-30-28-26-23-19-17-15-13-11-9-7-2/h37-38,41,44-45,47-52,54-57,59-61,63H,6-36,39-40H2,1-5H3/t41-,44?,45?,47?,48?,49?,50?,51?,52?,54?,55?/m0/s1. The Hall–Kier alpha value is -1.71. The van der Waals surface area contributed by atoms with Gasteiger partial charge in [0.1, 0.15) is 30.5 Å². The quantitative estimate of drug-likeness (QED) is 0.00634. The van der Waals surface area contributed by atoms with Gasteiger partial charge >= 0.3 is 11.9 Å². The molecule has 0 aliphatic carbocycles. The molecular weight excluding hydrogens is 949 g/mol. The van der Waals surface area contributed by atoms with Crippen molar-refractivity contribution in [2.45, 2.75) is 295 Å². The van der Waals surface area contributed by atoms with Crippen molar-refractivity contribution >= 4 is 24.3 Å². The molecule has 0 saturated carbocycles. The van der Waals surface area contributed by atoms with Crippen LogP contribution >= 0.6 is 12.3 Å². The van der Waals surface area contributed by atoms with Crippen LogP contribution in [0.2, 0.25) is 0 Å². The molecule has 0 spiro atoms. The second-order valence-corrected chi connectivity index (χ2v) is 20.9. The summed E-state index contributed by atoms with van der Waals surface area (Å²) in [5.74, 6) is -1.24. The molecule has 2 heterocycles. The molecule has 0 aromatic rings. The van der Waals surface area contributed by atoms with Gasteiger partial charge in [0.2, 0.25) is 6.29 Å². The lowest BCUT2D eigenvalue weighted by Gasteiger charge is -2.46. The minimum Gasteiger partial charge on any atom is -0.453 e. The fourth-order valence-electron chi connectivity index (χ4n) is 9.59. The van der Waals surface area contributed by atoms with Gasteiger partial charge in [-0.05, 0) is 38.7 Å². The van der Waals surface area contributed by atoms with Crippen LogP contribution in [0, 0.1) is 5.92 Å². The molecule has 422 valence electrons. The Kier molecular flexibility index (Phi) is 39.1. The Balaban J connectivity index is 2.05. The molecule has 6 N–H and O–H groups in total. The smallest absolute Gasteiger partial charge is 0.334 e. The first-order chi connectivity index (χ1) is 34.9. The van der Waals surface area contributed by atoms with E-state index in [-0.39, 0.29) is 30.2 Å². The monoisotopic (exact) mass is 1050 g/mol. The van der Waals surface area contributed by atoms with E-state index in [2.05, 4.69) is 36.2 Å². The average Bonchev–Trinajstić information content (AvgIpc) is 3.36. The summed E-state index contributed by atoms with van der Waals surface area (Å²) in [5.41, 5.74) is 1.06. The number of hydrogen-bond donors (Lipinski definition) is 6. The van der Waals surface area contributed by atoms with Crippen LogP contribution in [-0.4, -0.2) is 117 Å². The van der Waals surface area contributed by atoms with Gasteiger partial charge in [0, 0.05) is 12.0 Å². The first kappa shape index (κ1) is 66.4. The summed E-state index contributed by atoms with van der Waals surface area (Å²) in [6.45, 7) is 8.59. The van der Waals surface area contributed by atoms with Crippen LogP contribution in [0.25, 0.3) is 0 Å². The number of ether oxygens (including phenoxy) is 5. The zero-order valence-electron chi connectivity index (χ0n) is 45.0. The number of esters is 2. The van der Waals surface area contributed by atoms with E-state index in [9.17, 15) is 35.1 Å². The van der Waals surface area contributed by atoms with Crippen LogP contribution < -0.4 is 0 Å². The van der Waals surface area contributed by atoms with Crippen LogP contribution in [0.1, 0.15) is 234 Å². The van der Waals surface area contributed by atoms with Gasteiger partial charge in [0.15, 0.2) is 36.9 Å². The Morgan fingerprint density at radius 3 is 1.46 bits per heavy atom. The second kappa shape index (κ2) is 42.4. The van der Waals surface area contributed by atoms with Gasteiger partial charge in [-0.25, -0.2) is 10.1 Å². The highest BCUT2D eigenvalue weighted by molar-refractivity contribution is 7.89. The predicted molar refractivity (Wildman–Crippen MR) is 279 cm³/mol. The summed E-state index contributed by atoms with van der Waals surface area (Å²) in [6.07, 6.45) is 24.2. The fraction of sp³-hybridized carbons (Fsp3) is 0.891. The van der Waals surface area contributed by atoms with E-state index < -0.39 is 86.6 Å². The van der Waals surface area contributed by atoms with Crippen molar-refractivity contribution in [3.8, 4) is 0 Å². The molecule has 16 nitrogen and oxygen atoms in total. The molecule has 17 heteroatoms. The van der Waals surface area contributed by atoms with Gasteiger partial charge in [-0.15, -0.1) is 4.33 Å². The van der Waals surface area contributed by atoms with Gasteiger partial charge in [0.25, 0.3) is 0 Å². The van der Waals surface area contributed by atoms with E-state index in [1.54, 1.807) is 13.0 Å². The molecule has 0 radical (unpaired) electrons. The second-order valence-electron chi connectivity index (χ2n) is 20.5. The Bertz CT molecular complexity index is 1420. The third-order valence-electron chi connectivity index (χ3n) is 13.9. The van der Waals surface area contributed by atoms with Crippen LogP contribution in [0.15, 0.2) is 23.3 Å². The van der Waals surface area contributed by atoms with Crippen molar-refractivity contribution in [1.82, 2.24) is 0 Å². The molecule has 11 atom stereocenters. The number of aliphatic hydroxyl groups is 5. The minimum absolute atomic E-state index is 0.0000108. The molecule has 72 heavy (non-hydrogen) atoms. The maximum Gasteiger partial charge on any atom is 0.334 e. The van der Waals surface area contributed by atoms with Crippen molar-refractivity contribution in [1.29, 1.82) is 0 Å². The maximum atomic E-state index is 13.8. The van der Waals surface area contributed by atoms with Crippen molar-refractivity contribution in [3.63, 3.8) is 0 Å². The fourth-order valence-corrected chi connectivity index (χ4v) is 9.95. The normalized spacial score (nSPS) is 25.4. The molecular formula is C55H100O16S. The van der Waals surface area contributed by atoms with Gasteiger partial charge in [0.05, 0.1) is 13.2 Å². The maximum absolute atomic E-state index is 13.8. The number of rotatable bonds is 44. The summed E-state index contributed by atoms with van der Waals surface area (Å²) in [6, 6.07) is 0. The molecule has 2 saturated heterocycles. The summed E-state index contributed by atoms with van der Waals surface area (Å²) in [5, 5.41) is 65.5. The Morgan fingerprint density at radius 2 is 1.00 bits per heavy atom. The summed E-state index contributed by atoms with van der Waals surface area (Å²) in [7, 11) is 0. The van der Waals surface area contributed by atoms with E-state index in [1.807, 2.05) is 6.92 Å². The molecule has 0 aromatic carbocycles. The zero-order valence-corrected chi connectivity index (χ0v) is 45.8. The summed E-state index contributed by atoms with van der Waals surface area (Å²) >= 11 is 0.0593. The topological polar surface area (TPSA) is 229 Å². The Morgan fingerprint density at radius 1 is 0.569 bits per heavy atom. The van der Waals surface area contributed by atoms with E-state index in [0.29, 0.717) is 6.42 Å².